The average molecular weight is 418 g/mol. The summed E-state index contributed by atoms with van der Waals surface area (Å²) in [5, 5.41) is 3.16. The zero-order valence-corrected chi connectivity index (χ0v) is 15.7. The molecule has 2 rings (SSSR count). The van der Waals surface area contributed by atoms with Gasteiger partial charge in [0.05, 0.1) is 19.8 Å². The van der Waals surface area contributed by atoms with E-state index in [1.165, 1.54) is 5.56 Å². The number of aliphatic imine (C=N–C) groups is 1. The summed E-state index contributed by atoms with van der Waals surface area (Å²) in [5.74, 6) is 0.982. The highest BCUT2D eigenvalue weighted by molar-refractivity contribution is 14.0. The van der Waals surface area contributed by atoms with Crippen LogP contribution in [0.2, 0.25) is 0 Å². The van der Waals surface area contributed by atoms with Gasteiger partial charge in [0.2, 0.25) is 0 Å². The van der Waals surface area contributed by atoms with Crippen molar-refractivity contribution in [2.24, 2.45) is 10.7 Å². The second kappa shape index (κ2) is 10.0. The maximum Gasteiger partial charge on any atom is 0.193 e. The minimum Gasteiger partial charge on any atom is -0.379 e. The first-order valence-electron chi connectivity index (χ1n) is 7.62. The average Bonchev–Trinajstić information content (AvgIpc) is 2.48. The maximum absolute atomic E-state index is 5.94. The summed E-state index contributed by atoms with van der Waals surface area (Å²) < 4.78 is 5.32. The van der Waals surface area contributed by atoms with E-state index in [0.29, 0.717) is 18.4 Å². The van der Waals surface area contributed by atoms with Crippen LogP contribution in [0.4, 0.5) is 5.69 Å². The lowest BCUT2D eigenvalue weighted by Crippen LogP contribution is -2.38. The number of guanidine groups is 1. The van der Waals surface area contributed by atoms with E-state index < -0.39 is 0 Å². The van der Waals surface area contributed by atoms with Gasteiger partial charge in [-0.25, -0.2) is 0 Å². The minimum atomic E-state index is 0. The van der Waals surface area contributed by atoms with E-state index in [9.17, 15) is 0 Å². The Morgan fingerprint density at radius 3 is 2.77 bits per heavy atom. The van der Waals surface area contributed by atoms with Gasteiger partial charge in [0.1, 0.15) is 0 Å². The van der Waals surface area contributed by atoms with Gasteiger partial charge < -0.3 is 15.8 Å². The Hall–Kier alpha value is -0.860. The summed E-state index contributed by atoms with van der Waals surface area (Å²) in [5.41, 5.74) is 8.23. The van der Waals surface area contributed by atoms with Gasteiger partial charge in [-0.2, -0.15) is 0 Å². The van der Waals surface area contributed by atoms with Crippen LogP contribution in [-0.2, 0) is 4.74 Å². The fourth-order valence-electron chi connectivity index (χ4n) is 2.30. The molecule has 0 bridgehead atoms. The highest BCUT2D eigenvalue weighted by atomic mass is 127. The second-order valence-corrected chi connectivity index (χ2v) is 5.63. The van der Waals surface area contributed by atoms with Crippen LogP contribution in [-0.4, -0.2) is 50.3 Å². The van der Waals surface area contributed by atoms with Crippen molar-refractivity contribution in [2.75, 3.05) is 44.7 Å². The molecule has 0 amide bonds. The lowest BCUT2D eigenvalue weighted by Gasteiger charge is -2.25. The second-order valence-electron chi connectivity index (χ2n) is 5.63. The van der Waals surface area contributed by atoms with Crippen LogP contribution in [0.3, 0.4) is 0 Å². The number of nitrogens with two attached hydrogens (primary N) is 1. The molecule has 0 atom stereocenters. The number of halogens is 1. The molecule has 0 aromatic heterocycles. The van der Waals surface area contributed by atoms with Crippen molar-refractivity contribution < 1.29 is 4.74 Å². The molecule has 1 fully saturated rings. The molecule has 22 heavy (non-hydrogen) atoms. The molecule has 0 aliphatic carbocycles. The Labute approximate surface area is 150 Å². The number of ether oxygens (including phenoxy) is 1. The molecular weight excluding hydrogens is 391 g/mol. The zero-order valence-electron chi connectivity index (χ0n) is 13.4. The van der Waals surface area contributed by atoms with Crippen molar-refractivity contribution >= 4 is 35.6 Å². The van der Waals surface area contributed by atoms with Crippen LogP contribution in [0.15, 0.2) is 29.3 Å². The molecule has 1 saturated heterocycles. The minimum absolute atomic E-state index is 0. The van der Waals surface area contributed by atoms with E-state index >= 15 is 0 Å². The molecule has 1 aliphatic rings. The number of rotatable bonds is 5. The molecule has 1 aromatic carbocycles. The van der Waals surface area contributed by atoms with E-state index in [2.05, 4.69) is 41.2 Å². The zero-order chi connectivity index (χ0) is 15.1. The lowest BCUT2D eigenvalue weighted by atomic mass is 10.0. The van der Waals surface area contributed by atoms with Crippen molar-refractivity contribution in [1.29, 1.82) is 0 Å². The van der Waals surface area contributed by atoms with Crippen molar-refractivity contribution in [3.05, 3.63) is 29.8 Å². The molecule has 1 heterocycles. The maximum atomic E-state index is 5.94. The predicted octanol–water partition coefficient (Wildman–Crippen LogP) is 2.49. The molecule has 3 N–H and O–H groups in total. The fraction of sp³-hybridized carbons (Fsp3) is 0.562. The van der Waals surface area contributed by atoms with Gasteiger partial charge in [-0.3, -0.25) is 9.89 Å². The lowest BCUT2D eigenvalue weighted by molar-refractivity contribution is 0.0394. The summed E-state index contributed by atoms with van der Waals surface area (Å²) in [7, 11) is 0. The van der Waals surface area contributed by atoms with E-state index in [1.807, 2.05) is 12.1 Å². The predicted molar refractivity (Wildman–Crippen MR) is 103 cm³/mol. The Balaban J connectivity index is 0.00000242. The van der Waals surface area contributed by atoms with Crippen molar-refractivity contribution in [2.45, 2.75) is 19.8 Å². The molecule has 0 spiro atoms. The molecule has 0 saturated carbocycles. The van der Waals surface area contributed by atoms with Gasteiger partial charge in [-0.1, -0.05) is 26.0 Å². The number of hydrogen-bond acceptors (Lipinski definition) is 3. The summed E-state index contributed by atoms with van der Waals surface area (Å²) in [6.07, 6.45) is 0. The highest BCUT2D eigenvalue weighted by Crippen LogP contribution is 2.18. The van der Waals surface area contributed by atoms with Crippen LogP contribution in [0, 0.1) is 0 Å². The van der Waals surface area contributed by atoms with Crippen LogP contribution in [0.25, 0.3) is 0 Å². The normalized spacial score (nSPS) is 16.4. The number of benzene rings is 1. The number of anilines is 1. The number of nitrogens with zero attached hydrogens (tertiary/aromatic N) is 2. The highest BCUT2D eigenvalue weighted by Gasteiger charge is 2.09. The van der Waals surface area contributed by atoms with Crippen molar-refractivity contribution in [3.8, 4) is 0 Å². The van der Waals surface area contributed by atoms with E-state index in [-0.39, 0.29) is 24.0 Å². The molecule has 6 heteroatoms. The van der Waals surface area contributed by atoms with Gasteiger partial charge in [-0.05, 0) is 23.6 Å². The standard InChI is InChI=1S/C16H26N4O.HI/c1-13(2)14-4-3-5-15(12-14)19-16(17)18-6-7-20-8-10-21-11-9-20;/h3-5,12-13H,6-11H2,1-2H3,(H3,17,18,19);1H. The van der Waals surface area contributed by atoms with Gasteiger partial charge in [0, 0.05) is 25.3 Å². The Bertz CT molecular complexity index is 473. The van der Waals surface area contributed by atoms with Gasteiger partial charge >= 0.3 is 0 Å². The van der Waals surface area contributed by atoms with E-state index in [0.717, 1.165) is 38.5 Å². The Kier molecular flexibility index (Phi) is 8.74. The Morgan fingerprint density at radius 2 is 2.09 bits per heavy atom. The molecule has 5 nitrogen and oxygen atoms in total. The van der Waals surface area contributed by atoms with Crippen LogP contribution in [0.5, 0.6) is 0 Å². The van der Waals surface area contributed by atoms with Gasteiger partial charge in [-0.15, -0.1) is 24.0 Å². The molecule has 0 unspecified atom stereocenters. The van der Waals surface area contributed by atoms with Gasteiger partial charge in [0.25, 0.3) is 0 Å². The Morgan fingerprint density at radius 1 is 1.36 bits per heavy atom. The van der Waals surface area contributed by atoms with Crippen LogP contribution >= 0.6 is 24.0 Å². The smallest absolute Gasteiger partial charge is 0.193 e. The number of nitrogens with one attached hydrogen (secondary N) is 1. The summed E-state index contributed by atoms with van der Waals surface area (Å²) in [4.78, 5) is 6.74. The third-order valence-electron chi connectivity index (χ3n) is 3.63. The summed E-state index contributed by atoms with van der Waals surface area (Å²) in [6.45, 7) is 9.61. The first kappa shape index (κ1) is 19.2. The summed E-state index contributed by atoms with van der Waals surface area (Å²) >= 11 is 0. The van der Waals surface area contributed by atoms with E-state index in [1.54, 1.807) is 0 Å². The molecule has 0 radical (unpaired) electrons. The third-order valence-corrected chi connectivity index (χ3v) is 3.63. The van der Waals surface area contributed by atoms with Crippen LogP contribution < -0.4 is 11.1 Å². The number of hydrogen-bond donors (Lipinski definition) is 2. The van der Waals surface area contributed by atoms with Crippen LogP contribution in [0.1, 0.15) is 25.3 Å². The van der Waals surface area contributed by atoms with Crippen molar-refractivity contribution in [3.63, 3.8) is 0 Å². The summed E-state index contributed by atoms with van der Waals surface area (Å²) in [6, 6.07) is 8.30. The molecule has 1 aliphatic heterocycles. The van der Waals surface area contributed by atoms with Crippen molar-refractivity contribution in [1.82, 2.24) is 4.90 Å². The topological polar surface area (TPSA) is 62.9 Å². The largest absolute Gasteiger partial charge is 0.379 e. The first-order valence-corrected chi connectivity index (χ1v) is 7.62. The monoisotopic (exact) mass is 418 g/mol. The first-order chi connectivity index (χ1) is 10.1. The number of morpholine rings is 1. The SMILES string of the molecule is CC(C)c1cccc(NC(N)=NCCN2CCOCC2)c1.I. The van der Waals surface area contributed by atoms with Gasteiger partial charge in [0.15, 0.2) is 5.96 Å². The van der Waals surface area contributed by atoms with E-state index in [4.69, 9.17) is 10.5 Å². The molecule has 124 valence electrons. The molecule has 1 aromatic rings. The third kappa shape index (κ3) is 6.50. The molecular formula is C16H27IN4O. The fourth-order valence-corrected chi connectivity index (χ4v) is 2.30. The quantitative estimate of drug-likeness (QED) is 0.438.